The van der Waals surface area contributed by atoms with Crippen molar-refractivity contribution in [1.29, 1.82) is 0 Å². The third-order valence-electron chi connectivity index (χ3n) is 10.9. The molecule has 7 rings (SSSR count). The molecule has 8 bridgehead atoms. The smallest absolute Gasteiger partial charge is 0.303 e. The molecule has 0 fully saturated rings. The summed E-state index contributed by atoms with van der Waals surface area (Å²) in [5.74, 6) is -1.14. The number of rotatable bonds is 13. The van der Waals surface area contributed by atoms with E-state index in [0.29, 0.717) is 51.4 Å². The number of halogens is 1. The first kappa shape index (κ1) is 42.4. The number of benzene rings is 2. The average molecular weight is 925 g/mol. The number of carboxylic acids is 1. The number of amides is 2. The predicted molar refractivity (Wildman–Crippen MR) is 255 cm³/mol. The van der Waals surface area contributed by atoms with E-state index in [9.17, 15) is 19.5 Å². The van der Waals surface area contributed by atoms with E-state index in [4.69, 9.17) is 9.97 Å². The molecule has 61 heavy (non-hydrogen) atoms. The van der Waals surface area contributed by atoms with Gasteiger partial charge in [-0.15, -0.1) is 0 Å². The zero-order valence-corrected chi connectivity index (χ0v) is 36.5. The van der Waals surface area contributed by atoms with E-state index < -0.39 is 5.97 Å². The molecule has 0 aliphatic carbocycles. The first-order valence-corrected chi connectivity index (χ1v) is 21.3. The lowest BCUT2D eigenvalue weighted by Gasteiger charge is -2.08. The number of carbonyl (C=O) groups excluding carboxylic acids is 2. The van der Waals surface area contributed by atoms with Crippen LogP contribution in [0, 0.1) is 13.8 Å². The Labute approximate surface area is 366 Å². The highest BCUT2D eigenvalue weighted by Crippen LogP contribution is 2.38. The van der Waals surface area contributed by atoms with Gasteiger partial charge in [0.05, 0.1) is 38.6 Å². The molecule has 5 N–H and O–H groups in total. The SMILES string of the molecule is C=Cc1c(C)c2cc3[nH]c(cc4nc(cc5nc(cc1[nH]2)C(C)=C5CCC(=O)O)C(CCC(=O)Nc1ccc(N=Nc2ccc(NC(=O)CI)cc2)cc1)=C4C)c(C)c3C=C. The highest BCUT2D eigenvalue weighted by molar-refractivity contribution is 14.1. The van der Waals surface area contributed by atoms with Crippen molar-refractivity contribution < 1.29 is 19.5 Å². The number of carboxylic acid groups (broad SMARTS) is 1. The lowest BCUT2D eigenvalue weighted by molar-refractivity contribution is -0.136. The number of carbonyl (C=O) groups is 3. The van der Waals surface area contributed by atoms with Gasteiger partial charge in [-0.1, -0.05) is 47.9 Å². The fraction of sp³-hybridized carbons (Fsp3) is 0.188. The second-order valence-corrected chi connectivity index (χ2v) is 15.6. The van der Waals surface area contributed by atoms with Crippen LogP contribution >= 0.6 is 22.6 Å². The minimum atomic E-state index is -0.893. The molecular weight excluding hydrogens is 879 g/mol. The molecule has 0 spiro atoms. The van der Waals surface area contributed by atoms with E-state index in [2.05, 4.69) is 63.9 Å². The molecular formula is C48H45IN8O4. The number of hydrogen-bond acceptors (Lipinski definition) is 7. The standard InChI is InChI=1S/C48H45IN8O4/c1-7-34-26(3)38-21-39-28(5)36(17-19-46(58)50-30-9-13-32(14-10-30)56-57-33-15-11-31(12-16-33)51-47(59)25-49)44(54-39)24-45-37(18-20-48(60)61)29(6)41(55-45)23-43-35(8-2)27(4)40(53-43)22-42(34)52-38/h7-16,21-24,52-53H,1-2,17-20,25H2,3-6H3,(H,50,58)(H,51,59)(H,60,61). The molecule has 2 aliphatic rings. The molecule has 0 radical (unpaired) electrons. The minimum absolute atomic E-state index is 0.0522. The van der Waals surface area contributed by atoms with Crippen LogP contribution in [0.1, 0.15) is 84.6 Å². The summed E-state index contributed by atoms with van der Waals surface area (Å²) in [5, 5.41) is 24.1. The number of fused-ring (bicyclic) bond motifs is 8. The molecule has 2 aromatic carbocycles. The Balaban J connectivity index is 1.20. The van der Waals surface area contributed by atoms with Crippen LogP contribution in [0.3, 0.4) is 0 Å². The van der Waals surface area contributed by atoms with Crippen molar-refractivity contribution in [2.75, 3.05) is 15.1 Å². The van der Waals surface area contributed by atoms with E-state index in [1.807, 2.05) is 66.8 Å². The maximum Gasteiger partial charge on any atom is 0.303 e. The summed E-state index contributed by atoms with van der Waals surface area (Å²) >= 11 is 2.01. The van der Waals surface area contributed by atoms with Crippen molar-refractivity contribution >= 4 is 120 Å². The second-order valence-electron chi connectivity index (χ2n) is 14.9. The molecule has 2 amide bonds. The van der Waals surface area contributed by atoms with Gasteiger partial charge in [0, 0.05) is 57.4 Å². The molecule has 0 saturated heterocycles. The molecule has 5 heterocycles. The van der Waals surface area contributed by atoms with Crippen molar-refractivity contribution in [3.8, 4) is 0 Å². The average Bonchev–Trinajstić information content (AvgIpc) is 3.91. The van der Waals surface area contributed by atoms with Gasteiger partial charge < -0.3 is 25.7 Å². The van der Waals surface area contributed by atoms with Crippen LogP contribution in [0.4, 0.5) is 22.7 Å². The number of azo groups is 1. The summed E-state index contributed by atoms with van der Waals surface area (Å²) in [6, 6.07) is 22.2. The second kappa shape index (κ2) is 18.3. The molecule has 0 atom stereocenters. The fourth-order valence-corrected chi connectivity index (χ4v) is 7.72. The Kier molecular flexibility index (Phi) is 12.7. The molecule has 3 aromatic heterocycles. The van der Waals surface area contributed by atoms with Crippen molar-refractivity contribution in [3.05, 3.63) is 131 Å². The van der Waals surface area contributed by atoms with Gasteiger partial charge in [0.15, 0.2) is 0 Å². The van der Waals surface area contributed by atoms with Gasteiger partial charge in [0.1, 0.15) is 0 Å². The number of aliphatic carboxylic acids is 1. The molecule has 13 heteroatoms. The largest absolute Gasteiger partial charge is 0.481 e. The first-order valence-electron chi connectivity index (χ1n) is 19.8. The number of aromatic amines is 2. The van der Waals surface area contributed by atoms with E-state index in [1.54, 1.807) is 48.5 Å². The van der Waals surface area contributed by atoms with Crippen LogP contribution in [0.15, 0.2) is 96.2 Å². The van der Waals surface area contributed by atoms with Gasteiger partial charge >= 0.3 is 5.97 Å². The van der Waals surface area contributed by atoms with Crippen LogP contribution < -0.4 is 10.6 Å². The van der Waals surface area contributed by atoms with E-state index in [0.717, 1.165) is 78.0 Å². The van der Waals surface area contributed by atoms with Crippen molar-refractivity contribution in [3.63, 3.8) is 0 Å². The van der Waals surface area contributed by atoms with Crippen molar-refractivity contribution in [1.82, 2.24) is 19.9 Å². The van der Waals surface area contributed by atoms with Crippen molar-refractivity contribution in [2.24, 2.45) is 10.2 Å². The van der Waals surface area contributed by atoms with Crippen LogP contribution in [0.2, 0.25) is 0 Å². The van der Waals surface area contributed by atoms with Gasteiger partial charge in [-0.3, -0.25) is 14.4 Å². The summed E-state index contributed by atoms with van der Waals surface area (Å²) < 4.78 is 0.368. The summed E-state index contributed by atoms with van der Waals surface area (Å²) in [6.07, 6.45) is 4.50. The Morgan fingerprint density at radius 3 is 1.56 bits per heavy atom. The first-order chi connectivity index (χ1) is 29.3. The number of anilines is 2. The number of aromatic nitrogens is 4. The van der Waals surface area contributed by atoms with Crippen LogP contribution in [0.25, 0.3) is 56.5 Å². The minimum Gasteiger partial charge on any atom is -0.481 e. The summed E-state index contributed by atoms with van der Waals surface area (Å²) in [4.78, 5) is 54.3. The number of H-pyrrole nitrogens is 2. The molecule has 2 aliphatic heterocycles. The monoisotopic (exact) mass is 924 g/mol. The highest BCUT2D eigenvalue weighted by Gasteiger charge is 2.23. The zero-order valence-electron chi connectivity index (χ0n) is 34.4. The maximum absolute atomic E-state index is 13.5. The lowest BCUT2D eigenvalue weighted by atomic mass is 9.98. The van der Waals surface area contributed by atoms with Gasteiger partial charge in [-0.25, -0.2) is 9.97 Å². The highest BCUT2D eigenvalue weighted by atomic mass is 127. The van der Waals surface area contributed by atoms with E-state index in [1.165, 1.54) is 0 Å². The summed E-state index contributed by atoms with van der Waals surface area (Å²) in [7, 11) is 0. The Bertz CT molecular complexity index is 2880. The third-order valence-corrected chi connectivity index (χ3v) is 11.6. The normalized spacial score (nSPS) is 12.5. The molecule has 308 valence electrons. The predicted octanol–water partition coefficient (Wildman–Crippen LogP) is 12.2. The molecule has 0 saturated carbocycles. The Morgan fingerprint density at radius 2 is 1.08 bits per heavy atom. The molecule has 12 nitrogen and oxygen atoms in total. The van der Waals surface area contributed by atoms with Gasteiger partial charge in [0.2, 0.25) is 11.8 Å². The number of alkyl halides is 1. The van der Waals surface area contributed by atoms with Gasteiger partial charge in [0.25, 0.3) is 0 Å². The number of nitrogens with zero attached hydrogens (tertiary/aromatic N) is 4. The summed E-state index contributed by atoms with van der Waals surface area (Å²) in [6.45, 7) is 16.3. The maximum atomic E-state index is 13.5. The van der Waals surface area contributed by atoms with Crippen molar-refractivity contribution in [2.45, 2.75) is 53.4 Å². The molecule has 5 aromatic rings. The number of allylic oxidation sites excluding steroid dienone is 4. The lowest BCUT2D eigenvalue weighted by Crippen LogP contribution is -2.11. The molecule has 0 unspecified atom stereocenters. The van der Waals surface area contributed by atoms with E-state index >= 15 is 0 Å². The van der Waals surface area contributed by atoms with E-state index in [-0.39, 0.29) is 24.7 Å². The third kappa shape index (κ3) is 9.36. The number of aryl methyl sites for hydroxylation is 2. The van der Waals surface area contributed by atoms with Crippen LogP contribution in [-0.2, 0) is 14.4 Å². The zero-order chi connectivity index (χ0) is 43.4. The van der Waals surface area contributed by atoms with Gasteiger partial charge in [-0.2, -0.15) is 10.2 Å². The summed E-state index contributed by atoms with van der Waals surface area (Å²) in [5.41, 5.74) is 16.4. The Hall–Kier alpha value is -6.74. The quantitative estimate of drug-likeness (QED) is 0.0446. The van der Waals surface area contributed by atoms with Gasteiger partial charge in [-0.05, 0) is 147 Å². The Morgan fingerprint density at radius 1 is 0.639 bits per heavy atom. The number of hydrogen-bond donors (Lipinski definition) is 5. The topological polar surface area (TPSA) is 178 Å². The number of nitrogens with one attached hydrogen (secondary N) is 4. The van der Waals surface area contributed by atoms with Crippen LogP contribution in [0.5, 0.6) is 0 Å². The van der Waals surface area contributed by atoms with Crippen LogP contribution in [-0.4, -0.2) is 47.3 Å². The fourth-order valence-electron chi connectivity index (χ4n) is 7.53.